The highest BCUT2D eigenvalue weighted by Gasteiger charge is 2.11. The predicted octanol–water partition coefficient (Wildman–Crippen LogP) is 3.01. The van der Waals surface area contributed by atoms with E-state index in [-0.39, 0.29) is 0 Å². The van der Waals surface area contributed by atoms with Gasteiger partial charge in [-0.15, -0.1) is 11.8 Å². The number of halogens is 1. The van der Waals surface area contributed by atoms with Crippen molar-refractivity contribution in [2.45, 2.75) is 0 Å². The quantitative estimate of drug-likeness (QED) is 0.614. The Morgan fingerprint density at radius 2 is 2.11 bits per heavy atom. The van der Waals surface area contributed by atoms with Gasteiger partial charge in [0.2, 0.25) is 0 Å². The van der Waals surface area contributed by atoms with E-state index in [1.165, 1.54) is 17.3 Å². The van der Waals surface area contributed by atoms with Crippen LogP contribution in [0.5, 0.6) is 0 Å². The first-order valence-corrected chi connectivity index (χ1v) is 6.68. The second-order valence-electron chi connectivity index (χ2n) is 2.00. The van der Waals surface area contributed by atoms with Crippen LogP contribution in [0.2, 0.25) is 0 Å². The van der Waals surface area contributed by atoms with E-state index in [0.29, 0.717) is 0 Å². The Morgan fingerprint density at radius 1 is 1.67 bits per heavy atom. The molecule has 0 aromatic carbocycles. The van der Waals surface area contributed by atoms with Crippen LogP contribution in [0.4, 0.5) is 0 Å². The lowest BCUT2D eigenvalue weighted by atomic mass is 11.2. The van der Waals surface area contributed by atoms with Crippen LogP contribution >= 0.6 is 30.5 Å². The van der Waals surface area contributed by atoms with Gasteiger partial charge in [-0.2, -0.15) is 0 Å². The molecule has 0 bridgehead atoms. The summed E-state index contributed by atoms with van der Waals surface area (Å²) in [5, 5.41) is 0. The second-order valence-corrected chi connectivity index (χ2v) is 6.55. The minimum Gasteiger partial charge on any atom is -0.319 e. The lowest BCUT2D eigenvalue weighted by Gasteiger charge is -2.06. The molecule has 0 aliphatic rings. The van der Waals surface area contributed by atoms with Gasteiger partial charge in [-0.1, -0.05) is 11.6 Å². The summed E-state index contributed by atoms with van der Waals surface area (Å²) in [5.74, 6) is 0. The van der Waals surface area contributed by atoms with Crippen molar-refractivity contribution in [3.63, 3.8) is 0 Å². The summed E-state index contributed by atoms with van der Waals surface area (Å²) >= 11 is 6.84. The number of hydrogen-bond acceptors (Lipinski definition) is 2. The molecule has 0 saturated carbocycles. The Bertz CT molecular complexity index is 160. The Balaban J connectivity index is 4.34. The topological polar surface area (TPSA) is 17.1 Å². The van der Waals surface area contributed by atoms with Crippen LogP contribution < -0.4 is 0 Å². The Kier molecular flexibility index (Phi) is 3.95. The van der Waals surface area contributed by atoms with Crippen LogP contribution in [0.15, 0.2) is 10.2 Å². The van der Waals surface area contributed by atoms with Crippen molar-refractivity contribution in [3.8, 4) is 0 Å². The molecular formula is C5H10ClOPS. The van der Waals surface area contributed by atoms with Gasteiger partial charge in [0.1, 0.15) is 7.14 Å². The van der Waals surface area contributed by atoms with E-state index in [9.17, 15) is 4.57 Å². The molecule has 0 aliphatic heterocycles. The Hall–Kier alpha value is 0.610. The number of rotatable bonds is 2. The predicted molar refractivity (Wildman–Crippen MR) is 46.9 cm³/mol. The minimum absolute atomic E-state index is 0.782. The third-order valence-corrected chi connectivity index (χ3v) is 4.93. The van der Waals surface area contributed by atoms with Crippen molar-refractivity contribution in [3.05, 3.63) is 10.2 Å². The minimum atomic E-state index is -2.08. The van der Waals surface area contributed by atoms with Crippen LogP contribution in [-0.2, 0) is 4.57 Å². The average molecular weight is 185 g/mol. The highest BCUT2D eigenvalue weighted by Crippen LogP contribution is 2.51. The molecule has 0 unspecified atom stereocenters. The first-order valence-electron chi connectivity index (χ1n) is 2.42. The molecule has 0 spiro atoms. The van der Waals surface area contributed by atoms with E-state index in [4.69, 9.17) is 11.6 Å². The SMILES string of the molecule is CSC(=CCl)P(C)(C)=O. The van der Waals surface area contributed by atoms with Gasteiger partial charge in [-0.05, 0) is 19.6 Å². The first kappa shape index (κ1) is 9.61. The highest BCUT2D eigenvalue weighted by molar-refractivity contribution is 8.10. The van der Waals surface area contributed by atoms with E-state index in [2.05, 4.69) is 0 Å². The lowest BCUT2D eigenvalue weighted by Crippen LogP contribution is -1.75. The molecule has 0 atom stereocenters. The van der Waals surface area contributed by atoms with Crippen molar-refractivity contribution in [2.24, 2.45) is 0 Å². The molecule has 0 aliphatic carbocycles. The second kappa shape index (κ2) is 3.70. The lowest BCUT2D eigenvalue weighted by molar-refractivity contribution is 0.587. The monoisotopic (exact) mass is 184 g/mol. The third-order valence-electron chi connectivity index (χ3n) is 0.833. The maximum absolute atomic E-state index is 11.2. The standard InChI is InChI=1S/C5H10ClOPS/c1-8(2,7)5(4-6)9-3/h4H,1-3H3. The maximum atomic E-state index is 11.2. The molecule has 0 rings (SSSR count). The number of thioether (sulfide) groups is 1. The molecule has 0 heterocycles. The zero-order chi connectivity index (χ0) is 7.49. The molecule has 0 saturated heterocycles. The molecule has 0 aromatic rings. The van der Waals surface area contributed by atoms with Crippen molar-refractivity contribution < 1.29 is 4.57 Å². The third kappa shape index (κ3) is 3.34. The summed E-state index contributed by atoms with van der Waals surface area (Å²) in [4.78, 5) is 0. The zero-order valence-electron chi connectivity index (χ0n) is 5.72. The smallest absolute Gasteiger partial charge is 0.116 e. The van der Waals surface area contributed by atoms with Gasteiger partial charge in [0.15, 0.2) is 0 Å². The molecule has 0 amide bonds. The summed E-state index contributed by atoms with van der Waals surface area (Å²) in [6.07, 6.45) is 1.87. The van der Waals surface area contributed by atoms with Crippen LogP contribution in [-0.4, -0.2) is 19.6 Å². The molecular weight excluding hydrogens is 175 g/mol. The van der Waals surface area contributed by atoms with Crippen LogP contribution in [0.1, 0.15) is 0 Å². The van der Waals surface area contributed by atoms with E-state index in [0.717, 1.165) is 4.65 Å². The van der Waals surface area contributed by atoms with Crippen LogP contribution in [0.3, 0.4) is 0 Å². The van der Waals surface area contributed by atoms with E-state index in [1.807, 2.05) is 6.26 Å². The Labute approximate surface area is 65.2 Å². The summed E-state index contributed by atoms with van der Waals surface area (Å²) in [5.41, 5.74) is 1.39. The van der Waals surface area contributed by atoms with Crippen molar-refractivity contribution in [1.29, 1.82) is 0 Å². The van der Waals surface area contributed by atoms with Gasteiger partial charge in [0.25, 0.3) is 0 Å². The van der Waals surface area contributed by atoms with E-state index >= 15 is 0 Å². The molecule has 0 N–H and O–H groups in total. The van der Waals surface area contributed by atoms with Gasteiger partial charge in [0, 0.05) is 5.54 Å². The van der Waals surface area contributed by atoms with Crippen molar-refractivity contribution in [2.75, 3.05) is 19.6 Å². The van der Waals surface area contributed by atoms with E-state index in [1.54, 1.807) is 13.3 Å². The number of hydrogen-bond donors (Lipinski definition) is 0. The van der Waals surface area contributed by atoms with Gasteiger partial charge in [0.05, 0.1) is 4.65 Å². The maximum Gasteiger partial charge on any atom is 0.116 e. The summed E-state index contributed by atoms with van der Waals surface area (Å²) < 4.78 is 12.0. The molecule has 54 valence electrons. The molecule has 9 heavy (non-hydrogen) atoms. The average Bonchev–Trinajstić information content (AvgIpc) is 1.65. The van der Waals surface area contributed by atoms with Gasteiger partial charge in [-0.3, -0.25) is 0 Å². The molecule has 4 heteroatoms. The normalized spacial score (nSPS) is 14.0. The van der Waals surface area contributed by atoms with E-state index < -0.39 is 7.14 Å². The summed E-state index contributed by atoms with van der Waals surface area (Å²) in [6, 6.07) is 0. The summed E-state index contributed by atoms with van der Waals surface area (Å²) in [7, 11) is -2.08. The van der Waals surface area contributed by atoms with Crippen molar-refractivity contribution >= 4 is 30.5 Å². The van der Waals surface area contributed by atoms with Gasteiger partial charge >= 0.3 is 0 Å². The fraction of sp³-hybridized carbons (Fsp3) is 0.600. The Morgan fingerprint density at radius 3 is 2.11 bits per heavy atom. The molecule has 0 fully saturated rings. The fourth-order valence-electron chi connectivity index (χ4n) is 0.382. The molecule has 0 radical (unpaired) electrons. The molecule has 0 aromatic heterocycles. The fourth-order valence-corrected chi connectivity index (χ4v) is 3.44. The van der Waals surface area contributed by atoms with Crippen molar-refractivity contribution in [1.82, 2.24) is 0 Å². The zero-order valence-corrected chi connectivity index (χ0v) is 8.19. The van der Waals surface area contributed by atoms with Crippen LogP contribution in [0, 0.1) is 0 Å². The van der Waals surface area contributed by atoms with Crippen LogP contribution in [0.25, 0.3) is 0 Å². The molecule has 1 nitrogen and oxygen atoms in total. The first-order chi connectivity index (χ1) is 4.02. The van der Waals surface area contributed by atoms with Gasteiger partial charge in [-0.25, -0.2) is 0 Å². The largest absolute Gasteiger partial charge is 0.319 e. The van der Waals surface area contributed by atoms with Gasteiger partial charge < -0.3 is 4.57 Å². The highest BCUT2D eigenvalue weighted by atomic mass is 35.5. The summed E-state index contributed by atoms with van der Waals surface area (Å²) in [6.45, 7) is 3.41.